The van der Waals surface area contributed by atoms with Gasteiger partial charge in [-0.3, -0.25) is 0 Å². The molecule has 0 N–H and O–H groups in total. The molecule has 1 nitrogen and oxygen atoms in total. The molecule has 1 rings (SSSR count). The van der Waals surface area contributed by atoms with Crippen LogP contribution in [0.4, 0.5) is 0 Å². The minimum Gasteiger partial charge on any atom is -0.494 e. The third-order valence-corrected chi connectivity index (χ3v) is 3.02. The molecule has 0 aliphatic heterocycles. The summed E-state index contributed by atoms with van der Waals surface area (Å²) >= 11 is 0. The maximum atomic E-state index is 5.70. The van der Waals surface area contributed by atoms with Crippen LogP contribution in [-0.4, -0.2) is 6.61 Å². The first kappa shape index (κ1) is 14.8. The van der Waals surface area contributed by atoms with E-state index in [1.165, 1.54) is 18.4 Å². The van der Waals surface area contributed by atoms with E-state index in [0.29, 0.717) is 5.92 Å². The number of ether oxygens (including phenoxy) is 1. The van der Waals surface area contributed by atoms with Crippen LogP contribution in [0, 0.1) is 5.92 Å². The van der Waals surface area contributed by atoms with Crippen LogP contribution in [0.1, 0.15) is 45.6 Å². The highest BCUT2D eigenvalue weighted by Gasteiger charge is 2.00. The Labute approximate surface area is 112 Å². The average Bonchev–Trinajstić information content (AvgIpc) is 2.37. The van der Waals surface area contributed by atoms with Gasteiger partial charge in [0.1, 0.15) is 5.75 Å². The second kappa shape index (κ2) is 8.79. The van der Waals surface area contributed by atoms with Gasteiger partial charge in [-0.25, -0.2) is 0 Å². The van der Waals surface area contributed by atoms with Crippen LogP contribution >= 0.6 is 0 Å². The van der Waals surface area contributed by atoms with Gasteiger partial charge >= 0.3 is 0 Å². The second-order valence-electron chi connectivity index (χ2n) is 4.91. The van der Waals surface area contributed by atoms with Gasteiger partial charge in [-0.2, -0.15) is 0 Å². The Morgan fingerprint density at radius 2 is 1.89 bits per heavy atom. The summed E-state index contributed by atoms with van der Waals surface area (Å²) in [7, 11) is 0. The van der Waals surface area contributed by atoms with Crippen molar-refractivity contribution in [3.8, 4) is 5.75 Å². The van der Waals surface area contributed by atoms with Crippen molar-refractivity contribution in [1.29, 1.82) is 0 Å². The molecule has 1 unspecified atom stereocenters. The van der Waals surface area contributed by atoms with Crippen LogP contribution in [0.5, 0.6) is 5.75 Å². The lowest BCUT2D eigenvalue weighted by atomic mass is 10.0. The molecule has 1 atom stereocenters. The predicted octanol–water partition coefficient (Wildman–Crippen LogP) is 5.01. The summed E-state index contributed by atoms with van der Waals surface area (Å²) in [4.78, 5) is 0. The van der Waals surface area contributed by atoms with Gasteiger partial charge in [-0.1, -0.05) is 51.0 Å². The minimum atomic E-state index is 0.603. The van der Waals surface area contributed by atoms with Crippen LogP contribution in [0.25, 0.3) is 0 Å². The molecule has 1 aromatic rings. The van der Waals surface area contributed by atoms with Gasteiger partial charge in [-0.05, 0) is 43.4 Å². The Hall–Kier alpha value is -1.24. The highest BCUT2D eigenvalue weighted by molar-refractivity contribution is 5.27. The quantitative estimate of drug-likeness (QED) is 0.463. The fraction of sp³-hybridized carbons (Fsp3) is 0.529. The molecule has 0 amide bonds. The van der Waals surface area contributed by atoms with Crippen molar-refractivity contribution in [2.45, 2.75) is 46.5 Å². The number of hydrogen-bond acceptors (Lipinski definition) is 1. The third-order valence-electron chi connectivity index (χ3n) is 3.02. The second-order valence-corrected chi connectivity index (χ2v) is 4.91. The van der Waals surface area contributed by atoms with Crippen molar-refractivity contribution in [2.75, 3.05) is 6.61 Å². The van der Waals surface area contributed by atoms with E-state index in [0.717, 1.165) is 25.2 Å². The van der Waals surface area contributed by atoms with Crippen molar-refractivity contribution in [3.05, 3.63) is 42.0 Å². The summed E-state index contributed by atoms with van der Waals surface area (Å²) in [5, 5.41) is 0. The Morgan fingerprint density at radius 1 is 1.17 bits per heavy atom. The van der Waals surface area contributed by atoms with Crippen molar-refractivity contribution < 1.29 is 4.74 Å². The molecule has 0 aliphatic carbocycles. The van der Waals surface area contributed by atoms with E-state index in [2.05, 4.69) is 57.2 Å². The van der Waals surface area contributed by atoms with E-state index >= 15 is 0 Å². The van der Waals surface area contributed by atoms with Crippen LogP contribution in [0.2, 0.25) is 0 Å². The van der Waals surface area contributed by atoms with Gasteiger partial charge in [0.15, 0.2) is 0 Å². The molecule has 0 aliphatic rings. The van der Waals surface area contributed by atoms with Gasteiger partial charge in [0.25, 0.3) is 0 Å². The van der Waals surface area contributed by atoms with E-state index in [-0.39, 0.29) is 0 Å². The van der Waals surface area contributed by atoms with Gasteiger partial charge in [-0.15, -0.1) is 0 Å². The normalized spacial score (nSPS) is 12.8. The maximum absolute atomic E-state index is 5.70. The zero-order chi connectivity index (χ0) is 13.2. The molecule has 1 heteroatoms. The number of benzene rings is 1. The topological polar surface area (TPSA) is 9.23 Å². The first-order valence-corrected chi connectivity index (χ1v) is 7.10. The smallest absolute Gasteiger partial charge is 0.119 e. The van der Waals surface area contributed by atoms with Crippen LogP contribution < -0.4 is 4.74 Å². The Bertz CT molecular complexity index is 337. The fourth-order valence-electron chi connectivity index (χ4n) is 2.03. The lowest BCUT2D eigenvalue weighted by molar-refractivity contribution is 0.306. The molecule has 0 heterocycles. The SMILES string of the molecule is C/C=C\C(C)Cc1ccc(OCCCCC)cc1. The molecule has 100 valence electrons. The van der Waals surface area contributed by atoms with E-state index < -0.39 is 0 Å². The third kappa shape index (κ3) is 5.90. The number of rotatable bonds is 8. The van der Waals surface area contributed by atoms with Crippen molar-refractivity contribution in [1.82, 2.24) is 0 Å². The average molecular weight is 246 g/mol. The standard InChI is InChI=1S/C17H26O/c1-4-6-7-13-18-17-11-9-16(10-12-17)14-15(3)8-5-2/h5,8-12,15H,4,6-7,13-14H2,1-3H3/b8-5-. The monoisotopic (exact) mass is 246 g/mol. The largest absolute Gasteiger partial charge is 0.494 e. The Balaban J connectivity index is 2.37. The highest BCUT2D eigenvalue weighted by atomic mass is 16.5. The van der Waals surface area contributed by atoms with E-state index in [1.807, 2.05) is 0 Å². The lowest BCUT2D eigenvalue weighted by Gasteiger charge is -2.09. The zero-order valence-electron chi connectivity index (χ0n) is 12.0. The molecule has 0 aromatic heterocycles. The minimum absolute atomic E-state index is 0.603. The maximum Gasteiger partial charge on any atom is 0.119 e. The summed E-state index contributed by atoms with van der Waals surface area (Å²) in [6.07, 6.45) is 9.10. The number of allylic oxidation sites excluding steroid dienone is 2. The molecule has 0 bridgehead atoms. The summed E-state index contributed by atoms with van der Waals surface area (Å²) in [5.74, 6) is 1.60. The Kier molecular flexibility index (Phi) is 7.24. The fourth-order valence-corrected chi connectivity index (χ4v) is 2.03. The van der Waals surface area contributed by atoms with Crippen LogP contribution in [-0.2, 0) is 6.42 Å². The lowest BCUT2D eigenvalue weighted by Crippen LogP contribution is -1.98. The molecular formula is C17H26O. The van der Waals surface area contributed by atoms with Gasteiger partial charge < -0.3 is 4.74 Å². The van der Waals surface area contributed by atoms with Gasteiger partial charge in [0, 0.05) is 0 Å². The van der Waals surface area contributed by atoms with Crippen molar-refractivity contribution in [2.24, 2.45) is 5.92 Å². The molecule has 18 heavy (non-hydrogen) atoms. The molecule has 0 saturated heterocycles. The molecule has 0 fully saturated rings. The zero-order valence-corrected chi connectivity index (χ0v) is 12.0. The summed E-state index contributed by atoms with van der Waals surface area (Å²) < 4.78 is 5.70. The molecule has 0 spiro atoms. The van der Waals surface area contributed by atoms with E-state index in [1.54, 1.807) is 0 Å². The van der Waals surface area contributed by atoms with Crippen molar-refractivity contribution in [3.63, 3.8) is 0 Å². The predicted molar refractivity (Wildman–Crippen MR) is 79.1 cm³/mol. The number of hydrogen-bond donors (Lipinski definition) is 0. The molecule has 1 aromatic carbocycles. The Morgan fingerprint density at radius 3 is 2.50 bits per heavy atom. The number of unbranched alkanes of at least 4 members (excludes halogenated alkanes) is 2. The van der Waals surface area contributed by atoms with E-state index in [9.17, 15) is 0 Å². The van der Waals surface area contributed by atoms with Crippen LogP contribution in [0.3, 0.4) is 0 Å². The summed E-state index contributed by atoms with van der Waals surface area (Å²) in [6, 6.07) is 8.53. The first-order valence-electron chi connectivity index (χ1n) is 7.10. The highest BCUT2D eigenvalue weighted by Crippen LogP contribution is 2.16. The first-order chi connectivity index (χ1) is 8.76. The molecular weight excluding hydrogens is 220 g/mol. The molecule has 0 radical (unpaired) electrons. The van der Waals surface area contributed by atoms with Gasteiger partial charge in [0.2, 0.25) is 0 Å². The summed E-state index contributed by atoms with van der Waals surface area (Å²) in [6.45, 7) is 7.36. The van der Waals surface area contributed by atoms with Gasteiger partial charge in [0.05, 0.1) is 6.61 Å². The van der Waals surface area contributed by atoms with Crippen LogP contribution in [0.15, 0.2) is 36.4 Å². The summed E-state index contributed by atoms with van der Waals surface area (Å²) in [5.41, 5.74) is 1.38. The van der Waals surface area contributed by atoms with Crippen molar-refractivity contribution >= 4 is 0 Å². The van der Waals surface area contributed by atoms with E-state index in [4.69, 9.17) is 4.74 Å². The molecule has 0 saturated carbocycles.